The molecule has 3 rings (SSSR count). The maximum absolute atomic E-state index is 11.8. The summed E-state index contributed by atoms with van der Waals surface area (Å²) in [5.74, 6) is -0.145. The molecule has 0 saturated heterocycles. The molecule has 0 aromatic carbocycles. The Morgan fingerprint density at radius 2 is 2.00 bits per heavy atom. The zero-order chi connectivity index (χ0) is 17.5. The summed E-state index contributed by atoms with van der Waals surface area (Å²) in [4.78, 5) is 35.6. The molecule has 9 nitrogen and oxygen atoms in total. The van der Waals surface area contributed by atoms with Crippen molar-refractivity contribution in [3.8, 4) is 11.4 Å². The predicted octanol–water partition coefficient (Wildman–Crippen LogP) is 0.920. The highest BCUT2D eigenvalue weighted by Gasteiger charge is 2.12. The Labute approximate surface area is 142 Å². The molecule has 0 aliphatic carbocycles. The summed E-state index contributed by atoms with van der Waals surface area (Å²) in [6.07, 6.45) is 5.09. The molecule has 3 aromatic heterocycles. The highest BCUT2D eigenvalue weighted by atomic mass is 16.5. The number of hydrogen-bond donors (Lipinski definition) is 2. The second-order valence-corrected chi connectivity index (χ2v) is 4.97. The van der Waals surface area contributed by atoms with Gasteiger partial charge >= 0.3 is 0 Å². The zero-order valence-corrected chi connectivity index (χ0v) is 13.0. The van der Waals surface area contributed by atoms with Crippen LogP contribution < -0.4 is 10.9 Å². The van der Waals surface area contributed by atoms with Gasteiger partial charge in [0, 0.05) is 37.0 Å². The van der Waals surface area contributed by atoms with E-state index < -0.39 is 5.91 Å². The van der Waals surface area contributed by atoms with Crippen molar-refractivity contribution >= 4 is 11.8 Å². The number of carbonyl (C=O) groups is 2. The predicted molar refractivity (Wildman–Crippen MR) is 85.7 cm³/mol. The minimum absolute atomic E-state index is 0.0805. The molecule has 0 aliphatic rings. The van der Waals surface area contributed by atoms with Crippen molar-refractivity contribution < 1.29 is 14.1 Å². The van der Waals surface area contributed by atoms with E-state index in [9.17, 15) is 9.59 Å². The van der Waals surface area contributed by atoms with Crippen molar-refractivity contribution in [2.24, 2.45) is 0 Å². The van der Waals surface area contributed by atoms with Crippen molar-refractivity contribution in [1.82, 2.24) is 31.0 Å². The molecule has 2 amide bonds. The van der Waals surface area contributed by atoms with E-state index in [4.69, 9.17) is 4.52 Å². The first-order chi connectivity index (χ1) is 12.2. The third-order valence-corrected chi connectivity index (χ3v) is 3.17. The number of aromatic nitrogens is 4. The van der Waals surface area contributed by atoms with E-state index in [0.29, 0.717) is 11.7 Å². The first kappa shape index (κ1) is 16.2. The van der Waals surface area contributed by atoms with Crippen LogP contribution in [0.2, 0.25) is 0 Å². The third-order valence-electron chi connectivity index (χ3n) is 3.17. The first-order valence-electron chi connectivity index (χ1n) is 7.45. The van der Waals surface area contributed by atoms with Crippen LogP contribution in [0.3, 0.4) is 0 Å². The number of amides is 2. The standard InChI is InChI=1S/C16H14N6O3/c23-13(20-21-16(24)12-5-1-2-9-18-12)6-7-14-19-15(22-25-14)11-4-3-8-17-10-11/h1-5,8-10H,6-7H2,(H,20,23)(H,21,24). The second kappa shape index (κ2) is 7.77. The maximum atomic E-state index is 11.8. The first-order valence-corrected chi connectivity index (χ1v) is 7.45. The van der Waals surface area contributed by atoms with Crippen molar-refractivity contribution in [2.45, 2.75) is 12.8 Å². The molecule has 0 saturated carbocycles. The van der Waals surface area contributed by atoms with Gasteiger partial charge in [-0.1, -0.05) is 11.2 Å². The number of carbonyl (C=O) groups excluding carboxylic acids is 2. The number of nitrogens with zero attached hydrogens (tertiary/aromatic N) is 4. The lowest BCUT2D eigenvalue weighted by atomic mass is 10.2. The molecule has 126 valence electrons. The van der Waals surface area contributed by atoms with E-state index in [-0.39, 0.29) is 24.4 Å². The molecule has 25 heavy (non-hydrogen) atoms. The van der Waals surface area contributed by atoms with Crippen LogP contribution in [0, 0.1) is 0 Å². The Hall–Kier alpha value is -3.62. The number of hydrazine groups is 1. The van der Waals surface area contributed by atoms with E-state index in [2.05, 4.69) is 31.0 Å². The van der Waals surface area contributed by atoms with Crippen molar-refractivity contribution in [3.63, 3.8) is 0 Å². The van der Waals surface area contributed by atoms with Crippen molar-refractivity contribution in [2.75, 3.05) is 0 Å². The van der Waals surface area contributed by atoms with Gasteiger partial charge in [0.05, 0.1) is 0 Å². The zero-order valence-electron chi connectivity index (χ0n) is 13.0. The smallest absolute Gasteiger partial charge is 0.288 e. The van der Waals surface area contributed by atoms with Gasteiger partial charge in [-0.15, -0.1) is 0 Å². The van der Waals surface area contributed by atoms with E-state index in [1.165, 1.54) is 6.20 Å². The molecular formula is C16H14N6O3. The van der Waals surface area contributed by atoms with Gasteiger partial charge in [0.2, 0.25) is 17.6 Å². The quantitative estimate of drug-likeness (QED) is 0.663. The lowest BCUT2D eigenvalue weighted by Gasteiger charge is -2.05. The molecule has 0 spiro atoms. The molecule has 9 heteroatoms. The van der Waals surface area contributed by atoms with E-state index in [1.54, 1.807) is 36.7 Å². The molecule has 0 bridgehead atoms. The van der Waals surface area contributed by atoms with Crippen LogP contribution in [0.15, 0.2) is 53.4 Å². The Balaban J connectivity index is 1.47. The summed E-state index contributed by atoms with van der Waals surface area (Å²) in [5.41, 5.74) is 5.54. The Morgan fingerprint density at radius 3 is 2.76 bits per heavy atom. The molecule has 0 aliphatic heterocycles. The highest BCUT2D eigenvalue weighted by Crippen LogP contribution is 2.14. The van der Waals surface area contributed by atoms with Crippen LogP contribution in [0.1, 0.15) is 22.8 Å². The fraction of sp³-hybridized carbons (Fsp3) is 0.125. The van der Waals surface area contributed by atoms with Gasteiger partial charge in [-0.05, 0) is 24.3 Å². The second-order valence-electron chi connectivity index (χ2n) is 4.97. The van der Waals surface area contributed by atoms with Crippen molar-refractivity contribution in [1.29, 1.82) is 0 Å². The van der Waals surface area contributed by atoms with E-state index in [0.717, 1.165) is 5.56 Å². The van der Waals surface area contributed by atoms with Gasteiger partial charge < -0.3 is 4.52 Å². The average Bonchev–Trinajstić information content (AvgIpc) is 3.15. The highest BCUT2D eigenvalue weighted by molar-refractivity contribution is 5.93. The van der Waals surface area contributed by atoms with Gasteiger partial charge in [0.15, 0.2) is 0 Å². The van der Waals surface area contributed by atoms with Crippen LogP contribution in [0.4, 0.5) is 0 Å². The van der Waals surface area contributed by atoms with Gasteiger partial charge in [-0.2, -0.15) is 4.98 Å². The lowest BCUT2D eigenvalue weighted by molar-refractivity contribution is -0.121. The summed E-state index contributed by atoms with van der Waals surface area (Å²) in [6, 6.07) is 8.49. The van der Waals surface area contributed by atoms with Crippen LogP contribution in [0.25, 0.3) is 11.4 Å². The van der Waals surface area contributed by atoms with Gasteiger partial charge in [0.25, 0.3) is 5.91 Å². The summed E-state index contributed by atoms with van der Waals surface area (Å²) >= 11 is 0. The third kappa shape index (κ3) is 4.44. The van der Waals surface area contributed by atoms with Crippen molar-refractivity contribution in [3.05, 3.63) is 60.5 Å². The fourth-order valence-electron chi connectivity index (χ4n) is 1.94. The maximum Gasteiger partial charge on any atom is 0.288 e. The molecule has 0 unspecified atom stereocenters. The lowest BCUT2D eigenvalue weighted by Crippen LogP contribution is -2.42. The molecular weight excluding hydrogens is 324 g/mol. The monoisotopic (exact) mass is 338 g/mol. The topological polar surface area (TPSA) is 123 Å². The van der Waals surface area contributed by atoms with Crippen LogP contribution in [-0.4, -0.2) is 31.9 Å². The summed E-state index contributed by atoms with van der Waals surface area (Å²) in [5, 5.41) is 3.84. The Morgan fingerprint density at radius 1 is 1.08 bits per heavy atom. The largest absolute Gasteiger partial charge is 0.339 e. The van der Waals surface area contributed by atoms with Crippen LogP contribution in [-0.2, 0) is 11.2 Å². The summed E-state index contributed by atoms with van der Waals surface area (Å²) in [6.45, 7) is 0. The molecule has 0 fully saturated rings. The van der Waals surface area contributed by atoms with E-state index >= 15 is 0 Å². The number of aryl methyl sites for hydroxylation is 1. The Bertz CT molecular complexity index is 851. The minimum Gasteiger partial charge on any atom is -0.339 e. The van der Waals surface area contributed by atoms with Gasteiger partial charge in [-0.3, -0.25) is 30.4 Å². The summed E-state index contributed by atoms with van der Waals surface area (Å²) < 4.78 is 5.10. The summed E-state index contributed by atoms with van der Waals surface area (Å²) in [7, 11) is 0. The fourth-order valence-corrected chi connectivity index (χ4v) is 1.94. The van der Waals surface area contributed by atoms with Crippen LogP contribution >= 0.6 is 0 Å². The number of hydrogen-bond acceptors (Lipinski definition) is 7. The number of nitrogens with one attached hydrogen (secondary N) is 2. The van der Waals surface area contributed by atoms with Gasteiger partial charge in [-0.25, -0.2) is 0 Å². The van der Waals surface area contributed by atoms with Crippen LogP contribution in [0.5, 0.6) is 0 Å². The number of rotatable bonds is 5. The normalized spacial score (nSPS) is 10.2. The molecule has 3 aromatic rings. The average molecular weight is 338 g/mol. The Kier molecular flexibility index (Phi) is 5.05. The molecule has 3 heterocycles. The van der Waals surface area contributed by atoms with Gasteiger partial charge in [0.1, 0.15) is 5.69 Å². The van der Waals surface area contributed by atoms with E-state index in [1.807, 2.05) is 6.07 Å². The molecule has 2 N–H and O–H groups in total. The molecule has 0 radical (unpaired) electrons. The molecule has 0 atom stereocenters. The minimum atomic E-state index is -0.495. The SMILES string of the molecule is O=C(CCc1nc(-c2cccnc2)no1)NNC(=O)c1ccccn1. The number of pyridine rings is 2.